The van der Waals surface area contributed by atoms with Gasteiger partial charge in [-0.25, -0.2) is 0 Å². The van der Waals surface area contributed by atoms with Gasteiger partial charge < -0.3 is 0 Å². The molecule has 0 radical (unpaired) electrons. The van der Waals surface area contributed by atoms with Gasteiger partial charge in [-0.3, -0.25) is 0 Å². The van der Waals surface area contributed by atoms with Crippen LogP contribution in [0.2, 0.25) is 0 Å². The molecule has 0 saturated heterocycles. The van der Waals surface area contributed by atoms with Gasteiger partial charge in [0.05, 0.1) is 0 Å². The van der Waals surface area contributed by atoms with Crippen molar-refractivity contribution in [1.29, 1.82) is 0 Å². The van der Waals surface area contributed by atoms with Crippen LogP contribution in [-0.2, 0) is 0 Å². The molecule has 0 bridgehead atoms. The summed E-state index contributed by atoms with van der Waals surface area (Å²) < 4.78 is 0. The second-order valence-electron chi connectivity index (χ2n) is 9.40. The zero-order valence-corrected chi connectivity index (χ0v) is 20.7. The van der Waals surface area contributed by atoms with Gasteiger partial charge in [-0.2, -0.15) is 0 Å². The SMILES string of the molecule is c1ccc(-c2ccc(C(c3cccc(-c4ccccc4)c3)c3cccc(-c4ccccc4)c3)cc2)cc1. The van der Waals surface area contributed by atoms with Crippen LogP contribution in [0.5, 0.6) is 0 Å². The van der Waals surface area contributed by atoms with E-state index >= 15 is 0 Å². The first-order valence-electron chi connectivity index (χ1n) is 12.8. The van der Waals surface area contributed by atoms with Gasteiger partial charge in [-0.05, 0) is 50.1 Å². The first-order chi connectivity index (χ1) is 18.3. The van der Waals surface area contributed by atoms with Gasteiger partial charge in [0.15, 0.2) is 0 Å². The quantitative estimate of drug-likeness (QED) is 0.212. The van der Waals surface area contributed by atoms with Crippen molar-refractivity contribution in [2.45, 2.75) is 5.92 Å². The Bertz CT molecular complexity index is 1500. The molecule has 0 unspecified atom stereocenters. The zero-order valence-electron chi connectivity index (χ0n) is 20.7. The molecular formula is C37H28. The monoisotopic (exact) mass is 472 g/mol. The van der Waals surface area contributed by atoms with Crippen LogP contribution in [0.3, 0.4) is 0 Å². The molecule has 0 aliphatic carbocycles. The predicted molar refractivity (Wildman–Crippen MR) is 157 cm³/mol. The molecule has 176 valence electrons. The molecule has 0 amide bonds. The van der Waals surface area contributed by atoms with Gasteiger partial charge in [0.1, 0.15) is 0 Å². The van der Waals surface area contributed by atoms with Gasteiger partial charge >= 0.3 is 0 Å². The molecule has 0 aliphatic rings. The Balaban J connectivity index is 1.46. The Labute approximate surface area is 219 Å². The molecule has 0 aromatic heterocycles. The third-order valence-corrected chi connectivity index (χ3v) is 7.01. The first-order valence-corrected chi connectivity index (χ1v) is 12.8. The van der Waals surface area contributed by atoms with E-state index in [1.54, 1.807) is 0 Å². The Hall–Kier alpha value is -4.68. The van der Waals surface area contributed by atoms with Gasteiger partial charge in [0, 0.05) is 5.92 Å². The van der Waals surface area contributed by atoms with Gasteiger partial charge in [-0.1, -0.05) is 164 Å². The summed E-state index contributed by atoms with van der Waals surface area (Å²) >= 11 is 0. The smallest absolute Gasteiger partial charge is 0.0340 e. The van der Waals surface area contributed by atoms with E-state index in [9.17, 15) is 0 Å². The lowest BCUT2D eigenvalue weighted by Crippen LogP contribution is -2.04. The Morgan fingerprint density at radius 2 is 0.595 bits per heavy atom. The van der Waals surface area contributed by atoms with E-state index in [0.717, 1.165) is 0 Å². The number of benzene rings is 6. The van der Waals surface area contributed by atoms with Crippen LogP contribution in [0.4, 0.5) is 0 Å². The Morgan fingerprint density at radius 1 is 0.243 bits per heavy atom. The van der Waals surface area contributed by atoms with Crippen molar-refractivity contribution in [2.24, 2.45) is 0 Å². The minimum Gasteiger partial charge on any atom is -0.0622 e. The molecule has 37 heavy (non-hydrogen) atoms. The molecule has 0 nitrogen and oxygen atoms in total. The number of rotatable bonds is 6. The van der Waals surface area contributed by atoms with Crippen LogP contribution in [-0.4, -0.2) is 0 Å². The topological polar surface area (TPSA) is 0 Å². The van der Waals surface area contributed by atoms with Crippen LogP contribution < -0.4 is 0 Å². The van der Waals surface area contributed by atoms with Gasteiger partial charge in [0.25, 0.3) is 0 Å². The van der Waals surface area contributed by atoms with Crippen LogP contribution in [0.15, 0.2) is 164 Å². The summed E-state index contributed by atoms with van der Waals surface area (Å²) in [6.07, 6.45) is 0. The summed E-state index contributed by atoms with van der Waals surface area (Å²) in [5.74, 6) is 0.122. The molecule has 0 spiro atoms. The Morgan fingerprint density at radius 3 is 1.03 bits per heavy atom. The second kappa shape index (κ2) is 10.5. The fourth-order valence-corrected chi connectivity index (χ4v) is 5.13. The third kappa shape index (κ3) is 5.01. The standard InChI is InChI=1S/C37H28/c1-4-12-28(13-5-1)31-22-24-32(25-23-31)37(35-20-10-18-33(26-35)29-14-6-2-7-15-29)36-21-11-19-34(27-36)30-16-8-3-9-17-30/h1-27,37H. The predicted octanol–water partition coefficient (Wildman–Crippen LogP) is 9.87. The average Bonchev–Trinajstić information content (AvgIpc) is 2.99. The molecule has 0 heterocycles. The lowest BCUT2D eigenvalue weighted by molar-refractivity contribution is 0.979. The van der Waals surface area contributed by atoms with Crippen molar-refractivity contribution in [3.8, 4) is 33.4 Å². The molecule has 6 aromatic carbocycles. The lowest BCUT2D eigenvalue weighted by Gasteiger charge is -2.21. The fourth-order valence-electron chi connectivity index (χ4n) is 5.13. The summed E-state index contributed by atoms with van der Waals surface area (Å²) in [4.78, 5) is 0. The van der Waals surface area contributed by atoms with E-state index in [2.05, 4.69) is 164 Å². The first kappa shape index (κ1) is 22.8. The highest BCUT2D eigenvalue weighted by Gasteiger charge is 2.18. The molecule has 0 heteroatoms. The van der Waals surface area contributed by atoms with E-state index in [1.807, 2.05) is 0 Å². The number of hydrogen-bond donors (Lipinski definition) is 0. The van der Waals surface area contributed by atoms with E-state index < -0.39 is 0 Å². The van der Waals surface area contributed by atoms with E-state index in [0.29, 0.717) is 0 Å². The minimum absolute atomic E-state index is 0.122. The van der Waals surface area contributed by atoms with Crippen molar-refractivity contribution in [3.05, 3.63) is 180 Å². The summed E-state index contributed by atoms with van der Waals surface area (Å²) in [5.41, 5.74) is 11.3. The largest absolute Gasteiger partial charge is 0.0622 e. The molecular weight excluding hydrogens is 444 g/mol. The fraction of sp³-hybridized carbons (Fsp3) is 0.0270. The summed E-state index contributed by atoms with van der Waals surface area (Å²) in [6, 6.07) is 58.9. The maximum Gasteiger partial charge on any atom is 0.0340 e. The third-order valence-electron chi connectivity index (χ3n) is 7.01. The van der Waals surface area contributed by atoms with Crippen LogP contribution >= 0.6 is 0 Å². The highest BCUT2D eigenvalue weighted by Crippen LogP contribution is 2.36. The second-order valence-corrected chi connectivity index (χ2v) is 9.40. The molecule has 0 aliphatic heterocycles. The van der Waals surface area contributed by atoms with E-state index in [-0.39, 0.29) is 5.92 Å². The van der Waals surface area contributed by atoms with Crippen molar-refractivity contribution >= 4 is 0 Å². The van der Waals surface area contributed by atoms with Crippen LogP contribution in [0.25, 0.3) is 33.4 Å². The van der Waals surface area contributed by atoms with Crippen molar-refractivity contribution in [2.75, 3.05) is 0 Å². The van der Waals surface area contributed by atoms with E-state index in [4.69, 9.17) is 0 Å². The van der Waals surface area contributed by atoms with Gasteiger partial charge in [0.2, 0.25) is 0 Å². The highest BCUT2D eigenvalue weighted by atomic mass is 14.2. The minimum atomic E-state index is 0.122. The molecule has 0 atom stereocenters. The molecule has 6 aromatic rings. The lowest BCUT2D eigenvalue weighted by atomic mass is 9.82. The molecule has 6 rings (SSSR count). The summed E-state index contributed by atoms with van der Waals surface area (Å²) in [7, 11) is 0. The maximum atomic E-state index is 2.35. The Kier molecular flexibility index (Phi) is 6.47. The average molecular weight is 473 g/mol. The zero-order chi connectivity index (χ0) is 24.9. The normalized spacial score (nSPS) is 10.9. The van der Waals surface area contributed by atoms with Gasteiger partial charge in [-0.15, -0.1) is 0 Å². The van der Waals surface area contributed by atoms with Crippen LogP contribution in [0.1, 0.15) is 22.6 Å². The van der Waals surface area contributed by atoms with Crippen LogP contribution in [0, 0.1) is 0 Å². The van der Waals surface area contributed by atoms with Crippen molar-refractivity contribution < 1.29 is 0 Å². The highest BCUT2D eigenvalue weighted by molar-refractivity contribution is 5.68. The summed E-state index contributed by atoms with van der Waals surface area (Å²) in [6.45, 7) is 0. The molecule has 0 saturated carbocycles. The maximum absolute atomic E-state index is 2.35. The number of hydrogen-bond acceptors (Lipinski definition) is 0. The van der Waals surface area contributed by atoms with Crippen molar-refractivity contribution in [3.63, 3.8) is 0 Å². The van der Waals surface area contributed by atoms with Crippen molar-refractivity contribution in [1.82, 2.24) is 0 Å². The van der Waals surface area contributed by atoms with E-state index in [1.165, 1.54) is 50.1 Å². The summed E-state index contributed by atoms with van der Waals surface area (Å²) in [5, 5.41) is 0. The molecule has 0 N–H and O–H groups in total. The molecule has 0 fully saturated rings.